The highest BCUT2D eigenvalue weighted by atomic mass is 16.5. The van der Waals surface area contributed by atoms with Gasteiger partial charge in [-0.15, -0.1) is 0 Å². The van der Waals surface area contributed by atoms with E-state index in [-0.39, 0.29) is 24.2 Å². The molecule has 0 heterocycles. The zero-order chi connectivity index (χ0) is 15.6. The van der Waals surface area contributed by atoms with Gasteiger partial charge in [0.05, 0.1) is 5.60 Å². The number of hydrogen-bond acceptors (Lipinski definition) is 4. The van der Waals surface area contributed by atoms with Gasteiger partial charge in [0.2, 0.25) is 0 Å². The average molecular weight is 296 g/mol. The number of fused-ring (bicyclic) bond motifs is 1. The summed E-state index contributed by atoms with van der Waals surface area (Å²) in [6.45, 7) is 5.20. The van der Waals surface area contributed by atoms with Crippen LogP contribution in [0.1, 0.15) is 65.7 Å². The molecule has 21 heavy (non-hydrogen) atoms. The number of Topliss-reactive ketones (excluding diaryl/α,β-unsaturated/α-hetero) is 1. The van der Waals surface area contributed by atoms with E-state index in [9.17, 15) is 14.7 Å². The fourth-order valence-electron chi connectivity index (χ4n) is 4.38. The number of carbonyl (C=O) groups is 2. The van der Waals surface area contributed by atoms with Crippen molar-refractivity contribution in [2.45, 2.75) is 77.4 Å². The lowest BCUT2D eigenvalue weighted by molar-refractivity contribution is -0.161. The van der Waals surface area contributed by atoms with Crippen molar-refractivity contribution < 1.29 is 19.4 Å². The van der Waals surface area contributed by atoms with Crippen molar-refractivity contribution in [3.63, 3.8) is 0 Å². The molecule has 1 N–H and O–H groups in total. The molecule has 2 saturated carbocycles. The molecule has 120 valence electrons. The summed E-state index contributed by atoms with van der Waals surface area (Å²) >= 11 is 0. The lowest BCUT2D eigenvalue weighted by atomic mass is 9.60. The monoisotopic (exact) mass is 296 g/mol. The fourth-order valence-corrected chi connectivity index (χ4v) is 4.38. The van der Waals surface area contributed by atoms with Gasteiger partial charge in [-0.1, -0.05) is 6.42 Å². The SMILES string of the molecule is CC(=O)CC(=O)O[C@@H]1CCCC2C1CCC[C@H]2C(C)(C)O. The van der Waals surface area contributed by atoms with Crippen molar-refractivity contribution in [3.05, 3.63) is 0 Å². The van der Waals surface area contributed by atoms with Crippen LogP contribution >= 0.6 is 0 Å². The number of aliphatic hydroxyl groups is 1. The first kappa shape index (κ1) is 16.5. The molecule has 0 bridgehead atoms. The maximum Gasteiger partial charge on any atom is 0.313 e. The maximum atomic E-state index is 11.8. The van der Waals surface area contributed by atoms with Crippen LogP contribution in [0.4, 0.5) is 0 Å². The number of ether oxygens (including phenoxy) is 1. The molecule has 4 nitrogen and oxygen atoms in total. The van der Waals surface area contributed by atoms with Crippen molar-refractivity contribution in [1.29, 1.82) is 0 Å². The van der Waals surface area contributed by atoms with E-state index in [1.54, 1.807) is 0 Å². The van der Waals surface area contributed by atoms with E-state index in [2.05, 4.69) is 0 Å². The van der Waals surface area contributed by atoms with Crippen LogP contribution in [0.2, 0.25) is 0 Å². The van der Waals surface area contributed by atoms with Gasteiger partial charge >= 0.3 is 5.97 Å². The summed E-state index contributed by atoms with van der Waals surface area (Å²) in [5.74, 6) is 0.525. The Morgan fingerprint density at radius 3 is 2.33 bits per heavy atom. The number of ketones is 1. The average Bonchev–Trinajstić information content (AvgIpc) is 2.36. The lowest BCUT2D eigenvalue weighted by Gasteiger charge is -2.48. The van der Waals surface area contributed by atoms with E-state index in [1.807, 2.05) is 13.8 Å². The van der Waals surface area contributed by atoms with Gasteiger partial charge in [0.25, 0.3) is 0 Å². The summed E-state index contributed by atoms with van der Waals surface area (Å²) in [5.41, 5.74) is -0.672. The Bertz CT molecular complexity index is 396. The molecule has 4 atom stereocenters. The first-order valence-electron chi connectivity index (χ1n) is 8.20. The molecule has 0 amide bonds. The van der Waals surface area contributed by atoms with Crippen molar-refractivity contribution >= 4 is 11.8 Å². The third-order valence-electron chi connectivity index (χ3n) is 5.21. The molecule has 0 radical (unpaired) electrons. The molecule has 2 aliphatic rings. The summed E-state index contributed by atoms with van der Waals surface area (Å²) in [7, 11) is 0. The molecule has 0 spiro atoms. The Hall–Kier alpha value is -0.900. The molecule has 2 aliphatic carbocycles. The highest BCUT2D eigenvalue weighted by Gasteiger charge is 2.46. The van der Waals surface area contributed by atoms with Crippen molar-refractivity contribution in [3.8, 4) is 0 Å². The number of hydrogen-bond donors (Lipinski definition) is 1. The molecular formula is C17H28O4. The summed E-state index contributed by atoms with van der Waals surface area (Å²) < 4.78 is 5.59. The van der Waals surface area contributed by atoms with Gasteiger partial charge < -0.3 is 9.84 Å². The topological polar surface area (TPSA) is 63.6 Å². The predicted molar refractivity (Wildman–Crippen MR) is 79.6 cm³/mol. The van der Waals surface area contributed by atoms with E-state index in [0.717, 1.165) is 38.5 Å². The van der Waals surface area contributed by atoms with Gasteiger partial charge in [0.15, 0.2) is 0 Å². The third-order valence-corrected chi connectivity index (χ3v) is 5.21. The van der Waals surface area contributed by atoms with Crippen LogP contribution in [-0.2, 0) is 14.3 Å². The predicted octanol–water partition coefficient (Wildman–Crippen LogP) is 2.86. The summed E-state index contributed by atoms with van der Waals surface area (Å²) in [5, 5.41) is 10.4. The number of rotatable bonds is 4. The van der Waals surface area contributed by atoms with Crippen molar-refractivity contribution in [1.82, 2.24) is 0 Å². The van der Waals surface area contributed by atoms with Gasteiger partial charge in [0.1, 0.15) is 18.3 Å². The van der Waals surface area contributed by atoms with Crippen LogP contribution in [0.15, 0.2) is 0 Å². The fraction of sp³-hybridized carbons (Fsp3) is 0.882. The van der Waals surface area contributed by atoms with Crippen LogP contribution < -0.4 is 0 Å². The minimum absolute atomic E-state index is 0.0688. The lowest BCUT2D eigenvalue weighted by Crippen LogP contribution is -2.48. The molecule has 0 aromatic rings. The molecule has 2 unspecified atom stereocenters. The quantitative estimate of drug-likeness (QED) is 0.640. The van der Waals surface area contributed by atoms with Gasteiger partial charge in [-0.2, -0.15) is 0 Å². The molecule has 0 saturated heterocycles. The van der Waals surface area contributed by atoms with Crippen LogP contribution in [0.25, 0.3) is 0 Å². The standard InChI is InChI=1S/C17H28O4/c1-11(18)10-16(19)21-15-9-5-6-12-13(15)7-4-8-14(12)17(2,3)20/h12-15,20H,4-10H2,1-3H3/t12?,13?,14-,15-/m1/s1. The van der Waals surface area contributed by atoms with Crippen LogP contribution in [0.5, 0.6) is 0 Å². The second-order valence-corrected chi connectivity index (χ2v) is 7.36. The Kier molecular flexibility index (Phi) is 5.07. The van der Waals surface area contributed by atoms with E-state index < -0.39 is 11.6 Å². The van der Waals surface area contributed by atoms with Crippen molar-refractivity contribution in [2.75, 3.05) is 0 Å². The smallest absolute Gasteiger partial charge is 0.313 e. The van der Waals surface area contributed by atoms with Gasteiger partial charge in [0, 0.05) is 0 Å². The van der Waals surface area contributed by atoms with Crippen LogP contribution in [-0.4, -0.2) is 28.6 Å². The second kappa shape index (κ2) is 6.47. The first-order valence-corrected chi connectivity index (χ1v) is 8.20. The molecule has 0 aliphatic heterocycles. The number of carbonyl (C=O) groups excluding carboxylic acids is 2. The first-order chi connectivity index (χ1) is 9.79. The second-order valence-electron chi connectivity index (χ2n) is 7.36. The molecule has 0 aromatic carbocycles. The van der Waals surface area contributed by atoms with Crippen LogP contribution in [0, 0.1) is 17.8 Å². The summed E-state index contributed by atoms with van der Waals surface area (Å²) in [6, 6.07) is 0. The highest BCUT2D eigenvalue weighted by Crippen LogP contribution is 2.48. The zero-order valence-electron chi connectivity index (χ0n) is 13.4. The maximum absolute atomic E-state index is 11.8. The third kappa shape index (κ3) is 4.06. The van der Waals surface area contributed by atoms with E-state index in [0.29, 0.717) is 11.8 Å². The summed E-state index contributed by atoms with van der Waals surface area (Å²) in [4.78, 5) is 22.8. The molecule has 4 heteroatoms. The minimum atomic E-state index is -0.672. The Morgan fingerprint density at radius 1 is 1.10 bits per heavy atom. The van der Waals surface area contributed by atoms with E-state index in [4.69, 9.17) is 4.74 Å². The molecule has 0 aromatic heterocycles. The Labute approximate surface area is 127 Å². The number of esters is 1. The van der Waals surface area contributed by atoms with Gasteiger partial charge in [-0.05, 0) is 70.6 Å². The Morgan fingerprint density at radius 2 is 1.71 bits per heavy atom. The van der Waals surface area contributed by atoms with E-state index in [1.165, 1.54) is 6.92 Å². The normalized spacial score (nSPS) is 33.1. The molecule has 2 fully saturated rings. The molecular weight excluding hydrogens is 268 g/mol. The van der Waals surface area contributed by atoms with Gasteiger partial charge in [-0.25, -0.2) is 0 Å². The van der Waals surface area contributed by atoms with Crippen LogP contribution in [0.3, 0.4) is 0 Å². The van der Waals surface area contributed by atoms with Crippen molar-refractivity contribution in [2.24, 2.45) is 17.8 Å². The summed E-state index contributed by atoms with van der Waals surface area (Å²) in [6.07, 6.45) is 6.05. The molecule has 2 rings (SSSR count). The Balaban J connectivity index is 2.05. The largest absolute Gasteiger partial charge is 0.462 e. The highest BCUT2D eigenvalue weighted by molar-refractivity contribution is 5.94. The zero-order valence-corrected chi connectivity index (χ0v) is 13.4. The van der Waals surface area contributed by atoms with E-state index >= 15 is 0 Å². The van der Waals surface area contributed by atoms with Gasteiger partial charge in [-0.3, -0.25) is 9.59 Å². The minimum Gasteiger partial charge on any atom is -0.462 e.